The smallest absolute Gasteiger partial charge is 0.185 e. The maximum absolute atomic E-state index is 5.88. The second-order valence-corrected chi connectivity index (χ2v) is 7.15. The molecule has 0 radical (unpaired) electrons. The molecule has 2 heterocycles. The van der Waals surface area contributed by atoms with E-state index in [9.17, 15) is 0 Å². The zero-order valence-electron chi connectivity index (χ0n) is 12.6. The van der Waals surface area contributed by atoms with E-state index in [4.69, 9.17) is 10.7 Å². The topological polar surface area (TPSA) is 45.4 Å². The van der Waals surface area contributed by atoms with Crippen molar-refractivity contribution < 1.29 is 0 Å². The third-order valence-corrected chi connectivity index (χ3v) is 5.79. The zero-order valence-corrected chi connectivity index (χ0v) is 13.5. The highest BCUT2D eigenvalue weighted by Crippen LogP contribution is 2.44. The fraction of sp³-hybridized carbons (Fsp3) is 0.800. The van der Waals surface area contributed by atoms with Crippen LogP contribution in [0.2, 0.25) is 0 Å². The molecule has 5 heteroatoms. The van der Waals surface area contributed by atoms with Gasteiger partial charge in [-0.1, -0.05) is 6.92 Å². The molecule has 2 fully saturated rings. The van der Waals surface area contributed by atoms with E-state index in [1.165, 1.54) is 42.8 Å². The van der Waals surface area contributed by atoms with Crippen LogP contribution in [0, 0.1) is 0 Å². The Morgan fingerprint density at radius 3 is 2.85 bits per heavy atom. The quantitative estimate of drug-likeness (QED) is 0.875. The molecule has 1 aromatic heterocycles. The number of anilines is 1. The zero-order chi connectivity index (χ0) is 14.1. The SMILES string of the molecule is CCN1CCCC1CN(C)c1nc(C2CC2)c(CN)s1. The van der Waals surface area contributed by atoms with Crippen LogP contribution in [0.1, 0.15) is 49.1 Å². The Morgan fingerprint density at radius 2 is 2.20 bits per heavy atom. The summed E-state index contributed by atoms with van der Waals surface area (Å²) < 4.78 is 0. The van der Waals surface area contributed by atoms with E-state index in [2.05, 4.69) is 23.8 Å². The van der Waals surface area contributed by atoms with Gasteiger partial charge in [-0.3, -0.25) is 4.90 Å². The molecular weight excluding hydrogens is 268 g/mol. The highest BCUT2D eigenvalue weighted by molar-refractivity contribution is 7.15. The van der Waals surface area contributed by atoms with Gasteiger partial charge in [0, 0.05) is 37.0 Å². The molecule has 1 saturated carbocycles. The number of aromatic nitrogens is 1. The van der Waals surface area contributed by atoms with Crippen LogP contribution in [-0.2, 0) is 6.54 Å². The van der Waals surface area contributed by atoms with Crippen molar-refractivity contribution in [2.24, 2.45) is 5.73 Å². The normalized spacial score (nSPS) is 23.4. The van der Waals surface area contributed by atoms with Crippen LogP contribution in [-0.4, -0.2) is 42.6 Å². The lowest BCUT2D eigenvalue weighted by molar-refractivity contribution is 0.270. The lowest BCUT2D eigenvalue weighted by Gasteiger charge is -2.27. The summed E-state index contributed by atoms with van der Waals surface area (Å²) in [5.41, 5.74) is 7.17. The van der Waals surface area contributed by atoms with E-state index < -0.39 is 0 Å². The highest BCUT2D eigenvalue weighted by atomic mass is 32.1. The van der Waals surface area contributed by atoms with E-state index >= 15 is 0 Å². The van der Waals surface area contributed by atoms with E-state index in [-0.39, 0.29) is 0 Å². The molecule has 112 valence electrons. The average molecular weight is 294 g/mol. The van der Waals surface area contributed by atoms with Crippen molar-refractivity contribution in [1.29, 1.82) is 0 Å². The Kier molecular flexibility index (Phi) is 4.29. The number of likely N-dealkylation sites (tertiary alicyclic amines) is 1. The molecule has 0 aromatic carbocycles. The molecule has 0 amide bonds. The molecule has 0 spiro atoms. The van der Waals surface area contributed by atoms with Crippen molar-refractivity contribution in [1.82, 2.24) is 9.88 Å². The van der Waals surface area contributed by atoms with Gasteiger partial charge < -0.3 is 10.6 Å². The minimum atomic E-state index is 0.641. The second-order valence-electron chi connectivity index (χ2n) is 6.09. The molecule has 1 aromatic rings. The lowest BCUT2D eigenvalue weighted by Crippen LogP contribution is -2.38. The van der Waals surface area contributed by atoms with Gasteiger partial charge in [0.25, 0.3) is 0 Å². The number of hydrogen-bond acceptors (Lipinski definition) is 5. The van der Waals surface area contributed by atoms with Crippen molar-refractivity contribution in [3.05, 3.63) is 10.6 Å². The number of nitrogens with zero attached hydrogens (tertiary/aromatic N) is 3. The van der Waals surface area contributed by atoms with Gasteiger partial charge in [-0.2, -0.15) is 0 Å². The summed E-state index contributed by atoms with van der Waals surface area (Å²) in [4.78, 5) is 11.1. The maximum Gasteiger partial charge on any atom is 0.185 e. The first-order valence-corrected chi connectivity index (χ1v) is 8.69. The van der Waals surface area contributed by atoms with Gasteiger partial charge in [0.05, 0.1) is 5.69 Å². The molecule has 1 aliphatic carbocycles. The largest absolute Gasteiger partial charge is 0.350 e. The monoisotopic (exact) mass is 294 g/mol. The molecule has 3 rings (SSSR count). The van der Waals surface area contributed by atoms with Gasteiger partial charge in [-0.25, -0.2) is 4.98 Å². The summed E-state index contributed by atoms with van der Waals surface area (Å²) in [6, 6.07) is 0.694. The minimum absolute atomic E-state index is 0.641. The van der Waals surface area contributed by atoms with Crippen molar-refractivity contribution >= 4 is 16.5 Å². The predicted octanol–water partition coefficient (Wildman–Crippen LogP) is 2.40. The Hall–Kier alpha value is -0.650. The predicted molar refractivity (Wildman–Crippen MR) is 85.5 cm³/mol. The molecular formula is C15H26N4S. The molecule has 1 unspecified atom stereocenters. The Labute approximate surface area is 126 Å². The average Bonchev–Trinajstić information content (AvgIpc) is 3.05. The van der Waals surface area contributed by atoms with Gasteiger partial charge in [0.15, 0.2) is 5.13 Å². The number of likely N-dealkylation sites (N-methyl/N-ethyl adjacent to an activating group) is 2. The van der Waals surface area contributed by atoms with Gasteiger partial charge >= 0.3 is 0 Å². The van der Waals surface area contributed by atoms with Gasteiger partial charge in [-0.05, 0) is 38.8 Å². The third kappa shape index (κ3) is 2.85. The summed E-state index contributed by atoms with van der Waals surface area (Å²) in [5.74, 6) is 0.700. The summed E-state index contributed by atoms with van der Waals surface area (Å²) in [5, 5.41) is 1.16. The van der Waals surface area contributed by atoms with Crippen molar-refractivity contribution in [2.45, 2.75) is 51.1 Å². The fourth-order valence-electron chi connectivity index (χ4n) is 3.25. The van der Waals surface area contributed by atoms with Gasteiger partial charge in [-0.15, -0.1) is 11.3 Å². The molecule has 0 bridgehead atoms. The summed E-state index contributed by atoms with van der Waals surface area (Å²) >= 11 is 1.80. The van der Waals surface area contributed by atoms with Crippen LogP contribution in [0.4, 0.5) is 5.13 Å². The Bertz CT molecular complexity index is 455. The van der Waals surface area contributed by atoms with E-state index in [1.807, 2.05) is 0 Å². The third-order valence-electron chi connectivity index (χ3n) is 4.58. The second kappa shape index (κ2) is 6.00. The lowest BCUT2D eigenvalue weighted by atomic mass is 10.2. The molecule has 1 saturated heterocycles. The van der Waals surface area contributed by atoms with Crippen LogP contribution in [0.15, 0.2) is 0 Å². The molecule has 2 aliphatic rings. The van der Waals surface area contributed by atoms with Gasteiger partial charge in [0.1, 0.15) is 0 Å². The summed E-state index contributed by atoms with van der Waals surface area (Å²) in [6.07, 6.45) is 5.26. The van der Waals surface area contributed by atoms with Crippen molar-refractivity contribution in [2.75, 3.05) is 31.6 Å². The van der Waals surface area contributed by atoms with Crippen molar-refractivity contribution in [3.63, 3.8) is 0 Å². The molecule has 4 nitrogen and oxygen atoms in total. The first-order chi connectivity index (χ1) is 9.72. The number of thiazole rings is 1. The van der Waals surface area contributed by atoms with E-state index in [1.54, 1.807) is 11.3 Å². The summed E-state index contributed by atoms with van der Waals surface area (Å²) in [6.45, 7) is 6.42. The summed E-state index contributed by atoms with van der Waals surface area (Å²) in [7, 11) is 2.18. The van der Waals surface area contributed by atoms with Crippen LogP contribution < -0.4 is 10.6 Å². The fourth-order valence-corrected chi connectivity index (χ4v) is 4.24. The number of nitrogens with two attached hydrogens (primary N) is 1. The minimum Gasteiger partial charge on any atom is -0.350 e. The Balaban J connectivity index is 1.68. The Morgan fingerprint density at radius 1 is 1.40 bits per heavy atom. The molecule has 1 atom stereocenters. The van der Waals surface area contributed by atoms with Gasteiger partial charge in [0.2, 0.25) is 0 Å². The first kappa shape index (κ1) is 14.3. The number of rotatable bonds is 6. The van der Waals surface area contributed by atoms with Crippen molar-refractivity contribution in [3.8, 4) is 0 Å². The van der Waals surface area contributed by atoms with Crippen LogP contribution >= 0.6 is 11.3 Å². The molecule has 20 heavy (non-hydrogen) atoms. The number of hydrogen-bond donors (Lipinski definition) is 1. The first-order valence-electron chi connectivity index (χ1n) is 7.87. The standard InChI is InChI=1S/C15H26N4S/c1-3-19-8-4-5-12(19)10-18(2)15-17-14(11-6-7-11)13(9-16)20-15/h11-12H,3-10,16H2,1-2H3. The van der Waals surface area contributed by atoms with Crippen LogP contribution in [0.5, 0.6) is 0 Å². The molecule has 1 aliphatic heterocycles. The molecule has 2 N–H and O–H groups in total. The van der Waals surface area contributed by atoms with E-state index in [0.29, 0.717) is 18.5 Å². The highest BCUT2D eigenvalue weighted by Gasteiger charge is 2.30. The van der Waals surface area contributed by atoms with Crippen LogP contribution in [0.3, 0.4) is 0 Å². The van der Waals surface area contributed by atoms with E-state index in [0.717, 1.165) is 18.2 Å². The maximum atomic E-state index is 5.88. The van der Waals surface area contributed by atoms with Crippen LogP contribution in [0.25, 0.3) is 0 Å².